The lowest BCUT2D eigenvalue weighted by Crippen LogP contribution is -2.32. The normalized spacial score (nSPS) is 15.5. The van der Waals surface area contributed by atoms with Crippen molar-refractivity contribution in [3.8, 4) is 23.3 Å². The lowest BCUT2D eigenvalue weighted by Gasteiger charge is -2.25. The first kappa shape index (κ1) is 18.8. The average molecular weight is 365 g/mol. The number of nitrogens with one attached hydrogen (secondary N) is 1. The molecule has 0 radical (unpaired) electrons. The highest BCUT2D eigenvalue weighted by molar-refractivity contribution is 6.04. The Balaban J connectivity index is 1.69. The predicted molar refractivity (Wildman–Crippen MR) is 104 cm³/mol. The third kappa shape index (κ3) is 5.02. The second kappa shape index (κ2) is 7.73. The molecule has 2 aromatic rings. The molecule has 5 heteroatoms. The highest BCUT2D eigenvalue weighted by Crippen LogP contribution is 2.34. The van der Waals surface area contributed by atoms with Gasteiger partial charge in [0.15, 0.2) is 17.6 Å². The number of ether oxygens (including phenoxy) is 2. The van der Waals surface area contributed by atoms with Crippen molar-refractivity contribution >= 4 is 11.6 Å². The summed E-state index contributed by atoms with van der Waals surface area (Å²) >= 11 is 0. The Morgan fingerprint density at radius 2 is 1.93 bits per heavy atom. The summed E-state index contributed by atoms with van der Waals surface area (Å²) in [5.41, 5.74) is 1.94. The van der Waals surface area contributed by atoms with E-state index in [0.717, 1.165) is 5.56 Å². The first-order chi connectivity index (χ1) is 12.8. The Kier molecular flexibility index (Phi) is 5.38. The molecule has 1 aliphatic rings. The van der Waals surface area contributed by atoms with Crippen LogP contribution in [0.5, 0.6) is 11.5 Å². The zero-order valence-corrected chi connectivity index (χ0v) is 15.7. The summed E-state index contributed by atoms with van der Waals surface area (Å²) in [6.45, 7) is 6.34. The molecule has 0 aliphatic carbocycles. The van der Waals surface area contributed by atoms with Crippen molar-refractivity contribution < 1.29 is 19.4 Å². The van der Waals surface area contributed by atoms with E-state index in [0.29, 0.717) is 29.4 Å². The van der Waals surface area contributed by atoms with Crippen molar-refractivity contribution in [2.75, 3.05) is 18.5 Å². The third-order valence-corrected chi connectivity index (χ3v) is 3.85. The fourth-order valence-corrected chi connectivity index (χ4v) is 2.45. The van der Waals surface area contributed by atoms with Gasteiger partial charge in [-0.1, -0.05) is 11.8 Å². The fourth-order valence-electron chi connectivity index (χ4n) is 2.45. The minimum atomic E-state index is -0.398. The molecule has 0 fully saturated rings. The number of anilines is 1. The fraction of sp³-hybridized carbons (Fsp3) is 0.318. The summed E-state index contributed by atoms with van der Waals surface area (Å²) in [5.74, 6) is 7.16. The van der Waals surface area contributed by atoms with Gasteiger partial charge in [0.1, 0.15) is 6.61 Å². The van der Waals surface area contributed by atoms with E-state index in [4.69, 9.17) is 9.47 Å². The van der Waals surface area contributed by atoms with E-state index < -0.39 is 6.10 Å². The highest BCUT2D eigenvalue weighted by Gasteiger charge is 2.20. The molecule has 3 rings (SSSR count). The molecular formula is C22H23NO4. The van der Waals surface area contributed by atoms with Crippen LogP contribution in [0.2, 0.25) is 0 Å². The topological polar surface area (TPSA) is 67.8 Å². The monoisotopic (exact) mass is 365 g/mol. The van der Waals surface area contributed by atoms with Gasteiger partial charge in [0.25, 0.3) is 5.91 Å². The number of benzene rings is 2. The van der Waals surface area contributed by atoms with E-state index in [1.807, 2.05) is 12.1 Å². The van der Waals surface area contributed by atoms with E-state index in [2.05, 4.69) is 37.9 Å². The van der Waals surface area contributed by atoms with Crippen LogP contribution in [-0.4, -0.2) is 30.3 Å². The number of aliphatic hydroxyl groups is 1. The Hall–Kier alpha value is -2.97. The number of hydrogen-bond donors (Lipinski definition) is 2. The van der Waals surface area contributed by atoms with Crippen LogP contribution in [-0.2, 0) is 0 Å². The third-order valence-electron chi connectivity index (χ3n) is 3.85. The van der Waals surface area contributed by atoms with Crippen LogP contribution >= 0.6 is 0 Å². The van der Waals surface area contributed by atoms with Gasteiger partial charge >= 0.3 is 0 Å². The van der Waals surface area contributed by atoms with E-state index in [9.17, 15) is 9.90 Å². The standard InChI is InChI=1S/C22H23NO4/c1-22(2,3)11-10-15-4-6-16(7-5-15)21(25)23-17-8-9-19-20(12-17)27-18(13-24)14-26-19/h4-9,12,18,24H,13-14H2,1-3H3,(H,23,25). The van der Waals surface area contributed by atoms with Gasteiger partial charge in [-0.3, -0.25) is 4.79 Å². The summed E-state index contributed by atoms with van der Waals surface area (Å²) in [4.78, 5) is 12.5. The molecule has 1 atom stereocenters. The Bertz CT molecular complexity index is 885. The van der Waals surface area contributed by atoms with Crippen molar-refractivity contribution in [1.82, 2.24) is 0 Å². The zero-order chi connectivity index (χ0) is 19.4. The molecule has 1 heterocycles. The maximum atomic E-state index is 12.5. The second-order valence-corrected chi connectivity index (χ2v) is 7.43. The molecule has 0 saturated heterocycles. The number of carbonyl (C=O) groups is 1. The van der Waals surface area contributed by atoms with Crippen molar-refractivity contribution in [3.05, 3.63) is 53.6 Å². The summed E-state index contributed by atoms with van der Waals surface area (Å²) in [7, 11) is 0. The zero-order valence-electron chi connectivity index (χ0n) is 15.7. The van der Waals surface area contributed by atoms with E-state index in [1.165, 1.54) is 0 Å². The molecule has 0 aromatic heterocycles. The van der Waals surface area contributed by atoms with Crippen LogP contribution in [0.25, 0.3) is 0 Å². The number of amides is 1. The minimum absolute atomic E-state index is 0.0662. The predicted octanol–water partition coefficient (Wildman–Crippen LogP) is 3.47. The molecule has 1 unspecified atom stereocenters. The van der Waals surface area contributed by atoms with E-state index in [-0.39, 0.29) is 17.9 Å². The van der Waals surface area contributed by atoms with E-state index in [1.54, 1.807) is 30.3 Å². The lowest BCUT2D eigenvalue weighted by molar-refractivity contribution is 0.0457. The van der Waals surface area contributed by atoms with Gasteiger partial charge < -0.3 is 19.9 Å². The van der Waals surface area contributed by atoms with Gasteiger partial charge in [0.05, 0.1) is 6.61 Å². The number of carbonyl (C=O) groups excluding carboxylic acids is 1. The maximum Gasteiger partial charge on any atom is 0.255 e. The van der Waals surface area contributed by atoms with Crippen LogP contribution in [0.3, 0.4) is 0 Å². The number of rotatable bonds is 3. The van der Waals surface area contributed by atoms with Crippen LogP contribution < -0.4 is 14.8 Å². The molecule has 5 nitrogen and oxygen atoms in total. The van der Waals surface area contributed by atoms with Crippen molar-refractivity contribution in [1.29, 1.82) is 0 Å². The molecular weight excluding hydrogens is 342 g/mol. The van der Waals surface area contributed by atoms with Gasteiger partial charge in [-0.05, 0) is 57.2 Å². The van der Waals surface area contributed by atoms with Gasteiger partial charge in [-0.2, -0.15) is 0 Å². The molecule has 0 bridgehead atoms. The summed E-state index contributed by atoms with van der Waals surface area (Å²) in [5, 5.41) is 12.0. The largest absolute Gasteiger partial charge is 0.486 e. The van der Waals surface area contributed by atoms with Gasteiger partial charge in [-0.15, -0.1) is 0 Å². The molecule has 0 saturated carbocycles. The molecule has 1 aliphatic heterocycles. The number of hydrogen-bond acceptors (Lipinski definition) is 4. The molecule has 140 valence electrons. The average Bonchev–Trinajstić information content (AvgIpc) is 2.65. The number of aliphatic hydroxyl groups excluding tert-OH is 1. The van der Waals surface area contributed by atoms with Gasteiger partial charge in [0, 0.05) is 28.3 Å². The summed E-state index contributed by atoms with van der Waals surface area (Å²) in [6.07, 6.45) is -0.398. The number of fused-ring (bicyclic) bond motifs is 1. The van der Waals surface area contributed by atoms with Crippen molar-refractivity contribution in [2.24, 2.45) is 5.41 Å². The second-order valence-electron chi connectivity index (χ2n) is 7.43. The van der Waals surface area contributed by atoms with E-state index >= 15 is 0 Å². The molecule has 2 aromatic carbocycles. The Morgan fingerprint density at radius 1 is 1.19 bits per heavy atom. The molecule has 0 spiro atoms. The van der Waals surface area contributed by atoms with Crippen molar-refractivity contribution in [2.45, 2.75) is 26.9 Å². The minimum Gasteiger partial charge on any atom is -0.486 e. The molecule has 2 N–H and O–H groups in total. The summed E-state index contributed by atoms with van der Waals surface area (Å²) < 4.78 is 11.2. The SMILES string of the molecule is CC(C)(C)C#Cc1ccc(C(=O)Nc2ccc3c(c2)OC(CO)CO3)cc1. The van der Waals surface area contributed by atoms with Crippen LogP contribution in [0.4, 0.5) is 5.69 Å². The van der Waals surface area contributed by atoms with Gasteiger partial charge in [0.2, 0.25) is 0 Å². The summed E-state index contributed by atoms with van der Waals surface area (Å²) in [6, 6.07) is 12.4. The van der Waals surface area contributed by atoms with Crippen LogP contribution in [0.15, 0.2) is 42.5 Å². The van der Waals surface area contributed by atoms with Crippen LogP contribution in [0, 0.1) is 17.3 Å². The quantitative estimate of drug-likeness (QED) is 0.818. The first-order valence-corrected chi connectivity index (χ1v) is 8.83. The van der Waals surface area contributed by atoms with Crippen molar-refractivity contribution in [3.63, 3.8) is 0 Å². The maximum absolute atomic E-state index is 12.5. The van der Waals surface area contributed by atoms with Gasteiger partial charge in [-0.25, -0.2) is 0 Å². The smallest absolute Gasteiger partial charge is 0.255 e. The molecule has 27 heavy (non-hydrogen) atoms. The Labute approximate surface area is 159 Å². The Morgan fingerprint density at radius 3 is 2.59 bits per heavy atom. The lowest BCUT2D eigenvalue weighted by atomic mass is 9.97. The highest BCUT2D eigenvalue weighted by atomic mass is 16.6. The first-order valence-electron chi connectivity index (χ1n) is 8.83. The molecule has 1 amide bonds. The van der Waals surface area contributed by atoms with Crippen LogP contribution in [0.1, 0.15) is 36.7 Å².